The largest absolute Gasteiger partial charge is 0.398 e. The molecular weight excluding hydrogens is 200 g/mol. The number of aryl methyl sites for hydroxylation is 1. The first kappa shape index (κ1) is 11.1. The first-order chi connectivity index (χ1) is 7.75. The average molecular weight is 218 g/mol. The lowest BCUT2D eigenvalue weighted by Crippen LogP contribution is -2.18. The predicted octanol–water partition coefficient (Wildman–Crippen LogP) is 2.18. The zero-order valence-corrected chi connectivity index (χ0v) is 9.65. The topological polar surface area (TPSA) is 47.6 Å². The Kier molecular flexibility index (Phi) is 3.57. The molecule has 0 amide bonds. The van der Waals surface area contributed by atoms with Crippen LogP contribution in [0.4, 0.5) is 5.69 Å². The van der Waals surface area contributed by atoms with Gasteiger partial charge in [-0.15, -0.1) is 0 Å². The van der Waals surface area contributed by atoms with Crippen LogP contribution in [-0.4, -0.2) is 25.5 Å². The fourth-order valence-electron chi connectivity index (χ4n) is 1.83. The van der Waals surface area contributed by atoms with E-state index in [1.54, 1.807) is 0 Å². The number of hydrogen-bond acceptors (Lipinski definition) is 3. The lowest BCUT2D eigenvalue weighted by molar-refractivity contribution is 0.0872. The molecule has 0 spiro atoms. The van der Waals surface area contributed by atoms with E-state index < -0.39 is 0 Å². The van der Waals surface area contributed by atoms with Crippen LogP contribution < -0.4 is 5.73 Å². The van der Waals surface area contributed by atoms with E-state index in [0.29, 0.717) is 6.04 Å². The van der Waals surface area contributed by atoms with Crippen molar-refractivity contribution in [3.8, 4) is 0 Å². The summed E-state index contributed by atoms with van der Waals surface area (Å²) in [6, 6.07) is 6.41. The molecule has 1 aliphatic rings. The van der Waals surface area contributed by atoms with Crippen molar-refractivity contribution in [1.29, 1.82) is 0 Å². The zero-order valence-electron chi connectivity index (χ0n) is 9.65. The summed E-state index contributed by atoms with van der Waals surface area (Å²) < 4.78 is 5.30. The molecule has 0 aliphatic carbocycles. The van der Waals surface area contributed by atoms with Gasteiger partial charge in [0.15, 0.2) is 0 Å². The van der Waals surface area contributed by atoms with E-state index in [1.807, 2.05) is 18.3 Å². The van der Waals surface area contributed by atoms with Gasteiger partial charge in [-0.3, -0.25) is 4.99 Å². The SMILES string of the molecule is Cc1ccc(N)c(C=NC2CCOCC2)c1. The highest BCUT2D eigenvalue weighted by Gasteiger charge is 2.11. The van der Waals surface area contributed by atoms with Crippen molar-refractivity contribution in [2.75, 3.05) is 18.9 Å². The fraction of sp³-hybridized carbons (Fsp3) is 0.462. The lowest BCUT2D eigenvalue weighted by atomic mass is 10.1. The molecular formula is C13H18N2O. The summed E-state index contributed by atoms with van der Waals surface area (Å²) in [6.45, 7) is 3.71. The smallest absolute Gasteiger partial charge is 0.0543 e. The Balaban J connectivity index is 2.07. The highest BCUT2D eigenvalue weighted by atomic mass is 16.5. The third kappa shape index (κ3) is 2.83. The van der Waals surface area contributed by atoms with Crippen LogP contribution in [0.5, 0.6) is 0 Å². The second-order valence-electron chi connectivity index (χ2n) is 4.25. The third-order valence-corrected chi connectivity index (χ3v) is 2.86. The number of aliphatic imine (C=N–C) groups is 1. The summed E-state index contributed by atoms with van der Waals surface area (Å²) in [5.74, 6) is 0. The van der Waals surface area contributed by atoms with Crippen LogP contribution in [0.1, 0.15) is 24.0 Å². The molecule has 16 heavy (non-hydrogen) atoms. The molecule has 1 heterocycles. The average Bonchev–Trinajstić information content (AvgIpc) is 2.32. The Labute approximate surface area is 96.3 Å². The van der Waals surface area contributed by atoms with Crippen molar-refractivity contribution in [2.45, 2.75) is 25.8 Å². The van der Waals surface area contributed by atoms with Crippen LogP contribution in [0.15, 0.2) is 23.2 Å². The first-order valence-corrected chi connectivity index (χ1v) is 5.73. The number of anilines is 1. The standard InChI is InChI=1S/C13H18N2O/c1-10-2-3-13(14)11(8-10)9-15-12-4-6-16-7-5-12/h2-3,8-9,12H,4-7,14H2,1H3. The molecule has 2 N–H and O–H groups in total. The van der Waals surface area contributed by atoms with Gasteiger partial charge in [0.1, 0.15) is 0 Å². The van der Waals surface area contributed by atoms with Crippen LogP contribution in [0, 0.1) is 6.92 Å². The summed E-state index contributed by atoms with van der Waals surface area (Å²) in [5.41, 5.74) is 8.91. The molecule has 1 aromatic rings. The zero-order chi connectivity index (χ0) is 11.4. The number of nitrogens with zero attached hydrogens (tertiary/aromatic N) is 1. The summed E-state index contributed by atoms with van der Waals surface area (Å²) in [5, 5.41) is 0. The Hall–Kier alpha value is -1.35. The molecule has 0 atom stereocenters. The van der Waals surface area contributed by atoms with Crippen molar-refractivity contribution in [1.82, 2.24) is 0 Å². The van der Waals surface area contributed by atoms with E-state index in [-0.39, 0.29) is 0 Å². The van der Waals surface area contributed by atoms with E-state index in [9.17, 15) is 0 Å². The Morgan fingerprint density at radius 2 is 2.12 bits per heavy atom. The summed E-state index contributed by atoms with van der Waals surface area (Å²) in [4.78, 5) is 4.57. The molecule has 0 radical (unpaired) electrons. The van der Waals surface area contributed by atoms with Crippen molar-refractivity contribution >= 4 is 11.9 Å². The number of nitrogen functional groups attached to an aromatic ring is 1. The van der Waals surface area contributed by atoms with Gasteiger partial charge in [-0.05, 0) is 31.9 Å². The Morgan fingerprint density at radius 1 is 1.38 bits per heavy atom. The molecule has 0 saturated carbocycles. The normalized spacial score (nSPS) is 18.1. The van der Waals surface area contributed by atoms with Gasteiger partial charge in [0, 0.05) is 30.7 Å². The molecule has 2 rings (SSSR count). The summed E-state index contributed by atoms with van der Waals surface area (Å²) >= 11 is 0. The van der Waals surface area contributed by atoms with Crippen LogP contribution in [0.2, 0.25) is 0 Å². The minimum Gasteiger partial charge on any atom is -0.398 e. The van der Waals surface area contributed by atoms with E-state index in [0.717, 1.165) is 37.3 Å². The maximum atomic E-state index is 5.89. The maximum absolute atomic E-state index is 5.89. The van der Waals surface area contributed by atoms with Crippen molar-refractivity contribution in [3.63, 3.8) is 0 Å². The minimum absolute atomic E-state index is 0.397. The second-order valence-corrected chi connectivity index (χ2v) is 4.25. The van der Waals surface area contributed by atoms with Crippen molar-refractivity contribution in [3.05, 3.63) is 29.3 Å². The van der Waals surface area contributed by atoms with Crippen LogP contribution in [-0.2, 0) is 4.74 Å². The quantitative estimate of drug-likeness (QED) is 0.611. The number of nitrogens with two attached hydrogens (primary N) is 1. The van der Waals surface area contributed by atoms with E-state index in [4.69, 9.17) is 10.5 Å². The molecule has 1 aromatic carbocycles. The van der Waals surface area contributed by atoms with Gasteiger partial charge < -0.3 is 10.5 Å². The van der Waals surface area contributed by atoms with E-state index in [1.165, 1.54) is 5.56 Å². The Bertz CT molecular complexity index is 382. The number of benzene rings is 1. The van der Waals surface area contributed by atoms with Gasteiger partial charge in [0.2, 0.25) is 0 Å². The predicted molar refractivity (Wildman–Crippen MR) is 67.0 cm³/mol. The lowest BCUT2D eigenvalue weighted by Gasteiger charge is -2.18. The molecule has 0 aromatic heterocycles. The maximum Gasteiger partial charge on any atom is 0.0543 e. The van der Waals surface area contributed by atoms with E-state index in [2.05, 4.69) is 18.0 Å². The van der Waals surface area contributed by atoms with Crippen LogP contribution in [0.3, 0.4) is 0 Å². The van der Waals surface area contributed by atoms with Gasteiger partial charge in [-0.25, -0.2) is 0 Å². The van der Waals surface area contributed by atoms with E-state index >= 15 is 0 Å². The minimum atomic E-state index is 0.397. The fourth-order valence-corrected chi connectivity index (χ4v) is 1.83. The van der Waals surface area contributed by atoms with Gasteiger partial charge >= 0.3 is 0 Å². The molecule has 0 unspecified atom stereocenters. The molecule has 3 nitrogen and oxygen atoms in total. The Morgan fingerprint density at radius 3 is 2.88 bits per heavy atom. The summed E-state index contributed by atoms with van der Waals surface area (Å²) in [7, 11) is 0. The van der Waals surface area contributed by atoms with Crippen LogP contribution >= 0.6 is 0 Å². The first-order valence-electron chi connectivity index (χ1n) is 5.73. The summed E-state index contributed by atoms with van der Waals surface area (Å²) in [6.07, 6.45) is 3.93. The van der Waals surface area contributed by atoms with Gasteiger partial charge in [0.25, 0.3) is 0 Å². The van der Waals surface area contributed by atoms with Crippen molar-refractivity contribution in [2.24, 2.45) is 4.99 Å². The third-order valence-electron chi connectivity index (χ3n) is 2.86. The molecule has 86 valence electrons. The molecule has 1 fully saturated rings. The molecule has 3 heteroatoms. The van der Waals surface area contributed by atoms with Gasteiger partial charge in [0.05, 0.1) is 6.04 Å². The van der Waals surface area contributed by atoms with Crippen molar-refractivity contribution < 1.29 is 4.74 Å². The number of rotatable bonds is 2. The van der Waals surface area contributed by atoms with Gasteiger partial charge in [-0.2, -0.15) is 0 Å². The number of ether oxygens (including phenoxy) is 1. The second kappa shape index (κ2) is 5.12. The molecule has 1 aliphatic heterocycles. The highest BCUT2D eigenvalue weighted by Crippen LogP contribution is 2.14. The van der Waals surface area contributed by atoms with Crippen LogP contribution in [0.25, 0.3) is 0 Å². The van der Waals surface area contributed by atoms with Gasteiger partial charge in [-0.1, -0.05) is 11.6 Å². The number of hydrogen-bond donors (Lipinski definition) is 1. The molecule has 0 bridgehead atoms. The monoisotopic (exact) mass is 218 g/mol. The highest BCUT2D eigenvalue weighted by molar-refractivity contribution is 5.87. The molecule has 1 saturated heterocycles.